The highest BCUT2D eigenvalue weighted by Crippen LogP contribution is 2.28. The molecule has 4 aromatic rings. The summed E-state index contributed by atoms with van der Waals surface area (Å²) in [5.74, 6) is -0.832. The predicted octanol–water partition coefficient (Wildman–Crippen LogP) is 2.39. The van der Waals surface area contributed by atoms with E-state index in [4.69, 9.17) is 0 Å². The lowest BCUT2D eigenvalue weighted by Gasteiger charge is -2.30. The van der Waals surface area contributed by atoms with Gasteiger partial charge in [-0.2, -0.15) is 5.10 Å². The highest BCUT2D eigenvalue weighted by atomic mass is 19.1. The standard InChI is InChI=1S/C21H20FN7O/c1-13-11-29-12-14(10-17(22)20(29)25-13)26-21(30)16-2-3-18(28-8-6-23-7-9-28)19-15(16)4-5-24-27-19/h2-5,10-12,23H,6-9H2,1H3,(H,26,30). The summed E-state index contributed by atoms with van der Waals surface area (Å²) < 4.78 is 15.9. The van der Waals surface area contributed by atoms with Crippen LogP contribution in [-0.2, 0) is 0 Å². The Bertz CT molecular complexity index is 1260. The van der Waals surface area contributed by atoms with Gasteiger partial charge in [-0.1, -0.05) is 0 Å². The third kappa shape index (κ3) is 3.22. The monoisotopic (exact) mass is 405 g/mol. The molecule has 0 aliphatic carbocycles. The van der Waals surface area contributed by atoms with Crippen LogP contribution in [0.1, 0.15) is 16.1 Å². The van der Waals surface area contributed by atoms with Crippen molar-refractivity contribution in [3.63, 3.8) is 0 Å². The normalized spacial score (nSPS) is 14.4. The number of hydrogen-bond acceptors (Lipinski definition) is 6. The van der Waals surface area contributed by atoms with Crippen molar-refractivity contribution in [1.82, 2.24) is 24.9 Å². The Labute approximate surface area is 171 Å². The molecule has 1 aliphatic rings. The van der Waals surface area contributed by atoms with E-state index in [0.717, 1.165) is 31.9 Å². The number of piperazine rings is 1. The molecular formula is C21H20FN7O. The van der Waals surface area contributed by atoms with E-state index in [-0.39, 0.29) is 11.6 Å². The van der Waals surface area contributed by atoms with E-state index >= 15 is 0 Å². The molecule has 4 heterocycles. The second-order valence-corrected chi connectivity index (χ2v) is 7.31. The molecule has 0 bridgehead atoms. The number of pyridine rings is 1. The van der Waals surface area contributed by atoms with Crippen LogP contribution < -0.4 is 15.5 Å². The van der Waals surface area contributed by atoms with Crippen LogP contribution in [0.5, 0.6) is 0 Å². The first-order valence-electron chi connectivity index (χ1n) is 9.76. The molecule has 1 fully saturated rings. The van der Waals surface area contributed by atoms with Gasteiger partial charge in [-0.05, 0) is 25.1 Å². The molecular weight excluding hydrogens is 385 g/mol. The van der Waals surface area contributed by atoms with E-state index in [2.05, 4.69) is 30.7 Å². The highest BCUT2D eigenvalue weighted by molar-refractivity contribution is 6.14. The number of benzene rings is 1. The molecule has 0 saturated carbocycles. The summed E-state index contributed by atoms with van der Waals surface area (Å²) in [6.45, 7) is 5.30. The fourth-order valence-electron chi connectivity index (χ4n) is 3.87. The van der Waals surface area contributed by atoms with Crippen molar-refractivity contribution in [3.8, 4) is 0 Å². The van der Waals surface area contributed by atoms with Crippen LogP contribution in [-0.4, -0.2) is 51.7 Å². The molecule has 8 nitrogen and oxygen atoms in total. The second-order valence-electron chi connectivity index (χ2n) is 7.31. The molecule has 0 unspecified atom stereocenters. The van der Waals surface area contributed by atoms with Gasteiger partial charge >= 0.3 is 0 Å². The topological polar surface area (TPSA) is 87.5 Å². The molecule has 0 atom stereocenters. The molecule has 3 aromatic heterocycles. The zero-order valence-corrected chi connectivity index (χ0v) is 16.4. The van der Waals surface area contributed by atoms with Crippen molar-refractivity contribution in [2.75, 3.05) is 36.4 Å². The molecule has 2 N–H and O–H groups in total. The molecule has 1 aromatic carbocycles. The number of nitrogens with one attached hydrogen (secondary N) is 2. The van der Waals surface area contributed by atoms with Crippen molar-refractivity contribution in [2.45, 2.75) is 6.92 Å². The Kier molecular flexibility index (Phi) is 4.51. The molecule has 1 aliphatic heterocycles. The number of fused-ring (bicyclic) bond motifs is 2. The molecule has 1 amide bonds. The number of rotatable bonds is 3. The summed E-state index contributed by atoms with van der Waals surface area (Å²) >= 11 is 0. The second kappa shape index (κ2) is 7.34. The van der Waals surface area contributed by atoms with E-state index in [1.165, 1.54) is 6.07 Å². The quantitative estimate of drug-likeness (QED) is 0.544. The smallest absolute Gasteiger partial charge is 0.256 e. The van der Waals surface area contributed by atoms with E-state index in [9.17, 15) is 9.18 Å². The average molecular weight is 405 g/mol. The molecule has 152 valence electrons. The first-order valence-corrected chi connectivity index (χ1v) is 9.76. The van der Waals surface area contributed by atoms with Crippen molar-refractivity contribution in [1.29, 1.82) is 0 Å². The summed E-state index contributed by atoms with van der Waals surface area (Å²) in [7, 11) is 0. The minimum absolute atomic E-state index is 0.228. The number of nitrogens with zero attached hydrogens (tertiary/aromatic N) is 5. The van der Waals surface area contributed by atoms with Crippen molar-refractivity contribution < 1.29 is 9.18 Å². The third-order valence-electron chi connectivity index (χ3n) is 5.25. The summed E-state index contributed by atoms with van der Waals surface area (Å²) in [5.41, 5.74) is 3.37. The van der Waals surface area contributed by atoms with Crippen LogP contribution >= 0.6 is 0 Å². The number of aryl methyl sites for hydroxylation is 1. The Balaban J connectivity index is 1.51. The first kappa shape index (κ1) is 18.4. The van der Waals surface area contributed by atoms with Gasteiger partial charge < -0.3 is 19.9 Å². The van der Waals surface area contributed by atoms with Gasteiger partial charge in [0.05, 0.1) is 23.3 Å². The summed E-state index contributed by atoms with van der Waals surface area (Å²) in [5, 5.41) is 15.1. The van der Waals surface area contributed by atoms with Crippen LogP contribution in [0.25, 0.3) is 16.6 Å². The van der Waals surface area contributed by atoms with Crippen molar-refractivity contribution >= 4 is 33.8 Å². The number of carbonyl (C=O) groups is 1. The van der Waals surface area contributed by atoms with Gasteiger partial charge in [0.2, 0.25) is 0 Å². The third-order valence-corrected chi connectivity index (χ3v) is 5.25. The fourth-order valence-corrected chi connectivity index (χ4v) is 3.87. The predicted molar refractivity (Wildman–Crippen MR) is 112 cm³/mol. The van der Waals surface area contributed by atoms with Crippen molar-refractivity contribution in [2.24, 2.45) is 0 Å². The summed E-state index contributed by atoms with van der Waals surface area (Å²) in [6.07, 6.45) is 4.93. The molecule has 30 heavy (non-hydrogen) atoms. The molecule has 0 radical (unpaired) electrons. The highest BCUT2D eigenvalue weighted by Gasteiger charge is 2.19. The maximum Gasteiger partial charge on any atom is 0.256 e. The van der Waals surface area contributed by atoms with E-state index < -0.39 is 5.82 Å². The Morgan fingerprint density at radius 2 is 2.03 bits per heavy atom. The SMILES string of the molecule is Cc1cn2cc(NC(=O)c3ccc(N4CCNCC4)c4nnccc34)cc(F)c2n1. The van der Waals surface area contributed by atoms with Gasteiger partial charge in [0, 0.05) is 55.6 Å². The Morgan fingerprint density at radius 3 is 2.87 bits per heavy atom. The van der Waals surface area contributed by atoms with Gasteiger partial charge in [-0.25, -0.2) is 9.37 Å². The van der Waals surface area contributed by atoms with E-state index in [1.54, 1.807) is 42.0 Å². The zero-order chi connectivity index (χ0) is 20.7. The van der Waals surface area contributed by atoms with Gasteiger partial charge in [-0.15, -0.1) is 5.10 Å². The number of amides is 1. The fraction of sp³-hybridized carbons (Fsp3) is 0.238. The number of carbonyl (C=O) groups excluding carboxylic acids is 1. The molecule has 0 spiro atoms. The van der Waals surface area contributed by atoms with Crippen LogP contribution in [0.2, 0.25) is 0 Å². The molecule has 1 saturated heterocycles. The van der Waals surface area contributed by atoms with E-state index in [1.807, 2.05) is 6.07 Å². The number of aromatic nitrogens is 4. The maximum atomic E-state index is 14.4. The lowest BCUT2D eigenvalue weighted by Crippen LogP contribution is -2.43. The van der Waals surface area contributed by atoms with Gasteiger partial charge in [0.1, 0.15) is 5.52 Å². The van der Waals surface area contributed by atoms with Gasteiger partial charge in [0.15, 0.2) is 11.5 Å². The minimum Gasteiger partial charge on any atom is -0.367 e. The largest absolute Gasteiger partial charge is 0.367 e. The number of halogens is 1. The lowest BCUT2D eigenvalue weighted by molar-refractivity contribution is 0.102. The van der Waals surface area contributed by atoms with Crippen molar-refractivity contribution in [3.05, 3.63) is 59.9 Å². The number of anilines is 2. The minimum atomic E-state index is -0.495. The number of imidazole rings is 1. The van der Waals surface area contributed by atoms with Gasteiger partial charge in [0.25, 0.3) is 5.91 Å². The molecule has 5 rings (SSSR count). The van der Waals surface area contributed by atoms with Crippen LogP contribution in [0, 0.1) is 12.7 Å². The number of hydrogen-bond donors (Lipinski definition) is 2. The lowest BCUT2D eigenvalue weighted by atomic mass is 10.1. The van der Waals surface area contributed by atoms with E-state index in [0.29, 0.717) is 27.8 Å². The van der Waals surface area contributed by atoms with Crippen LogP contribution in [0.3, 0.4) is 0 Å². The maximum absolute atomic E-state index is 14.4. The summed E-state index contributed by atoms with van der Waals surface area (Å²) in [4.78, 5) is 19.4. The van der Waals surface area contributed by atoms with Crippen LogP contribution in [0.15, 0.2) is 42.9 Å². The van der Waals surface area contributed by atoms with Gasteiger partial charge in [-0.3, -0.25) is 4.79 Å². The Morgan fingerprint density at radius 1 is 1.20 bits per heavy atom. The Hall–Kier alpha value is -3.59. The first-order chi connectivity index (χ1) is 14.6. The zero-order valence-electron chi connectivity index (χ0n) is 16.4. The average Bonchev–Trinajstić information content (AvgIpc) is 3.14. The van der Waals surface area contributed by atoms with Crippen LogP contribution in [0.4, 0.5) is 15.8 Å². The molecule has 9 heteroatoms. The summed E-state index contributed by atoms with van der Waals surface area (Å²) in [6, 6.07) is 6.75.